The molecule has 3 aromatic carbocycles. The summed E-state index contributed by atoms with van der Waals surface area (Å²) in [5.74, 6) is 0.554. The van der Waals surface area contributed by atoms with Crippen LogP contribution in [0.25, 0.3) is 11.1 Å². The normalized spacial score (nSPS) is 15.4. The van der Waals surface area contributed by atoms with Crippen molar-refractivity contribution in [2.75, 3.05) is 20.2 Å². The van der Waals surface area contributed by atoms with Gasteiger partial charge in [-0.05, 0) is 59.7 Å². The highest BCUT2D eigenvalue weighted by atomic mass is 35.5. The highest BCUT2D eigenvalue weighted by Crippen LogP contribution is 2.31. The van der Waals surface area contributed by atoms with E-state index in [1.54, 1.807) is 36.4 Å². The fraction of sp³-hybridized carbons (Fsp3) is 0.182. The largest absolute Gasteiger partial charge is 0.497 e. The van der Waals surface area contributed by atoms with Crippen LogP contribution in [0.15, 0.2) is 82.6 Å². The second-order valence-corrected chi connectivity index (χ2v) is 11.8. The highest BCUT2D eigenvalue weighted by Gasteiger charge is 2.44. The van der Waals surface area contributed by atoms with Crippen molar-refractivity contribution in [3.05, 3.63) is 77.8 Å². The van der Waals surface area contributed by atoms with Crippen LogP contribution in [0, 0.1) is 0 Å². The Hall–Kier alpha value is -2.39. The molecule has 0 atom stereocenters. The van der Waals surface area contributed by atoms with E-state index in [0.29, 0.717) is 10.8 Å². The predicted molar refractivity (Wildman–Crippen MR) is 120 cm³/mol. The Morgan fingerprint density at radius 2 is 1.45 bits per heavy atom. The lowest BCUT2D eigenvalue weighted by molar-refractivity contribution is 0.309. The maximum Gasteiger partial charge on any atom is 0.243 e. The standard InChI is InChI=1S/C22H20ClNO5S2/c1-29-19-7-11-20(12-8-19)30(25,26)22-14-24(15-22)31(27,28)21-9-5-16(6-10-21)17-3-2-4-18(23)13-17/h2-13,22H,14-15H2,1H3. The molecule has 4 rings (SSSR count). The van der Waals surface area contributed by atoms with Gasteiger partial charge >= 0.3 is 0 Å². The molecule has 1 saturated heterocycles. The van der Waals surface area contributed by atoms with E-state index in [1.165, 1.54) is 35.7 Å². The number of nitrogens with zero attached hydrogens (tertiary/aromatic N) is 1. The molecule has 1 fully saturated rings. The number of halogens is 1. The van der Waals surface area contributed by atoms with Gasteiger partial charge in [0.05, 0.1) is 22.2 Å². The third kappa shape index (κ3) is 4.21. The summed E-state index contributed by atoms with van der Waals surface area (Å²) in [7, 11) is -5.90. The second-order valence-electron chi connectivity index (χ2n) is 7.20. The molecule has 1 heterocycles. The minimum absolute atomic E-state index is 0.0766. The summed E-state index contributed by atoms with van der Waals surface area (Å²) in [6, 6.07) is 19.8. The van der Waals surface area contributed by atoms with E-state index >= 15 is 0 Å². The zero-order chi connectivity index (χ0) is 22.2. The molecule has 0 spiro atoms. The molecular formula is C22H20ClNO5S2. The van der Waals surface area contributed by atoms with Crippen molar-refractivity contribution >= 4 is 31.5 Å². The Morgan fingerprint density at radius 1 is 0.839 bits per heavy atom. The van der Waals surface area contributed by atoms with Gasteiger partial charge in [0.25, 0.3) is 0 Å². The summed E-state index contributed by atoms with van der Waals surface area (Å²) in [6.45, 7) is -0.153. The summed E-state index contributed by atoms with van der Waals surface area (Å²) < 4.78 is 57.6. The van der Waals surface area contributed by atoms with Crippen LogP contribution in [0.3, 0.4) is 0 Å². The first-order valence-corrected chi connectivity index (χ1v) is 12.8. The number of sulfonamides is 1. The van der Waals surface area contributed by atoms with Crippen molar-refractivity contribution in [1.29, 1.82) is 0 Å². The quantitative estimate of drug-likeness (QED) is 0.538. The summed E-state index contributed by atoms with van der Waals surface area (Å²) in [5.41, 5.74) is 1.72. The van der Waals surface area contributed by atoms with Gasteiger partial charge in [0.2, 0.25) is 10.0 Å². The number of sulfone groups is 1. The molecule has 0 unspecified atom stereocenters. The van der Waals surface area contributed by atoms with Crippen LogP contribution in [0.5, 0.6) is 5.75 Å². The van der Waals surface area contributed by atoms with Gasteiger partial charge in [-0.15, -0.1) is 0 Å². The van der Waals surface area contributed by atoms with E-state index in [1.807, 2.05) is 12.1 Å². The first-order chi connectivity index (χ1) is 14.7. The van der Waals surface area contributed by atoms with E-state index in [9.17, 15) is 16.8 Å². The maximum atomic E-state index is 12.9. The average Bonchev–Trinajstić information content (AvgIpc) is 2.72. The summed E-state index contributed by atoms with van der Waals surface area (Å²) in [4.78, 5) is 0.278. The van der Waals surface area contributed by atoms with E-state index in [2.05, 4.69) is 0 Å². The van der Waals surface area contributed by atoms with Gasteiger partial charge in [-0.3, -0.25) is 0 Å². The van der Waals surface area contributed by atoms with Gasteiger partial charge in [-0.25, -0.2) is 16.8 Å². The molecule has 9 heteroatoms. The molecule has 31 heavy (non-hydrogen) atoms. The molecule has 0 aliphatic carbocycles. The molecule has 3 aromatic rings. The lowest BCUT2D eigenvalue weighted by Gasteiger charge is -2.37. The van der Waals surface area contributed by atoms with Crippen molar-refractivity contribution in [1.82, 2.24) is 4.31 Å². The number of hydrogen-bond donors (Lipinski definition) is 0. The third-order valence-corrected chi connectivity index (χ3v) is 9.48. The second kappa shape index (κ2) is 8.27. The zero-order valence-corrected chi connectivity index (χ0v) is 19.0. The smallest absolute Gasteiger partial charge is 0.243 e. The van der Waals surface area contributed by atoms with Crippen LogP contribution in [0.4, 0.5) is 0 Å². The van der Waals surface area contributed by atoms with Gasteiger partial charge < -0.3 is 4.74 Å². The first-order valence-electron chi connectivity index (χ1n) is 9.46. The van der Waals surface area contributed by atoms with E-state index in [4.69, 9.17) is 16.3 Å². The molecule has 1 aliphatic heterocycles. The van der Waals surface area contributed by atoms with Gasteiger partial charge in [0.1, 0.15) is 5.75 Å². The maximum absolute atomic E-state index is 12.9. The zero-order valence-electron chi connectivity index (χ0n) is 16.6. The number of benzene rings is 3. The number of hydrogen-bond acceptors (Lipinski definition) is 5. The summed E-state index contributed by atoms with van der Waals surface area (Å²) >= 11 is 6.02. The van der Waals surface area contributed by atoms with Crippen LogP contribution in [-0.4, -0.2) is 46.6 Å². The minimum atomic E-state index is -3.77. The lowest BCUT2D eigenvalue weighted by Crippen LogP contribution is -2.56. The van der Waals surface area contributed by atoms with Crippen LogP contribution < -0.4 is 4.74 Å². The fourth-order valence-electron chi connectivity index (χ4n) is 3.39. The average molecular weight is 478 g/mol. The number of ether oxygens (including phenoxy) is 1. The monoisotopic (exact) mass is 477 g/mol. The van der Waals surface area contributed by atoms with Crippen molar-refractivity contribution in [3.8, 4) is 16.9 Å². The van der Waals surface area contributed by atoms with E-state index in [0.717, 1.165) is 11.1 Å². The van der Waals surface area contributed by atoms with Crippen molar-refractivity contribution in [2.24, 2.45) is 0 Å². The van der Waals surface area contributed by atoms with Crippen molar-refractivity contribution in [3.63, 3.8) is 0 Å². The molecule has 0 bridgehead atoms. The lowest BCUT2D eigenvalue weighted by atomic mass is 10.1. The molecule has 6 nitrogen and oxygen atoms in total. The third-order valence-electron chi connectivity index (χ3n) is 5.29. The highest BCUT2D eigenvalue weighted by molar-refractivity contribution is 7.92. The predicted octanol–water partition coefficient (Wildman–Crippen LogP) is 3.86. The minimum Gasteiger partial charge on any atom is -0.497 e. The van der Waals surface area contributed by atoms with Crippen molar-refractivity contribution in [2.45, 2.75) is 15.0 Å². The molecule has 0 saturated carbocycles. The first kappa shape index (κ1) is 21.8. The SMILES string of the molecule is COc1ccc(S(=O)(=O)C2CN(S(=O)(=O)c3ccc(-c4cccc(Cl)c4)cc3)C2)cc1. The number of methoxy groups -OCH3 is 1. The van der Waals surface area contributed by atoms with Gasteiger partial charge in [0.15, 0.2) is 9.84 Å². The molecule has 1 aliphatic rings. The van der Waals surface area contributed by atoms with Gasteiger partial charge in [-0.1, -0.05) is 35.9 Å². The molecule has 0 radical (unpaired) electrons. The summed E-state index contributed by atoms with van der Waals surface area (Å²) in [5, 5.41) is -0.180. The van der Waals surface area contributed by atoms with E-state index in [-0.39, 0.29) is 22.9 Å². The molecule has 162 valence electrons. The Morgan fingerprint density at radius 3 is 2.03 bits per heavy atom. The van der Waals surface area contributed by atoms with Gasteiger partial charge in [-0.2, -0.15) is 4.31 Å². The molecule has 0 N–H and O–H groups in total. The van der Waals surface area contributed by atoms with Crippen LogP contribution in [0.2, 0.25) is 5.02 Å². The topological polar surface area (TPSA) is 80.8 Å². The Labute approximate surface area is 187 Å². The van der Waals surface area contributed by atoms with Crippen molar-refractivity contribution < 1.29 is 21.6 Å². The Bertz CT molecular complexity index is 1300. The van der Waals surface area contributed by atoms with Gasteiger partial charge in [0, 0.05) is 18.1 Å². The Kier molecular flexibility index (Phi) is 5.83. The van der Waals surface area contributed by atoms with Crippen LogP contribution in [-0.2, 0) is 19.9 Å². The summed E-state index contributed by atoms with van der Waals surface area (Å²) in [6.07, 6.45) is 0. The number of rotatable bonds is 6. The fourth-order valence-corrected chi connectivity index (χ4v) is 6.95. The molecular weight excluding hydrogens is 458 g/mol. The van der Waals surface area contributed by atoms with E-state index < -0.39 is 25.1 Å². The molecule has 0 amide bonds. The molecule has 0 aromatic heterocycles. The Balaban J connectivity index is 1.48. The van der Waals surface area contributed by atoms with Crippen LogP contribution in [0.1, 0.15) is 0 Å². The van der Waals surface area contributed by atoms with Crippen LogP contribution >= 0.6 is 11.6 Å².